The molecule has 2 rings (SSSR count). The van der Waals surface area contributed by atoms with Crippen LogP contribution in [0.5, 0.6) is 5.75 Å². The Morgan fingerprint density at radius 3 is 2.32 bits per heavy atom. The molecule has 0 aromatic heterocycles. The van der Waals surface area contributed by atoms with E-state index in [0.717, 1.165) is 18.4 Å². The molecule has 168 valence electrons. The Bertz CT molecular complexity index is 999. The molecule has 0 saturated carbocycles. The first-order valence-electron chi connectivity index (χ1n) is 10.3. The first-order chi connectivity index (χ1) is 14.7. The molecule has 0 spiro atoms. The highest BCUT2D eigenvalue weighted by atomic mass is 32.2. The van der Waals surface area contributed by atoms with Crippen molar-refractivity contribution in [3.63, 3.8) is 0 Å². The minimum absolute atomic E-state index is 0.0225. The average Bonchev–Trinajstić information content (AvgIpc) is 2.73. The highest BCUT2D eigenvalue weighted by Crippen LogP contribution is 2.28. The number of amides is 1. The summed E-state index contributed by atoms with van der Waals surface area (Å²) in [5.41, 5.74) is 0.951. The first-order valence-corrected chi connectivity index (χ1v) is 11.7. The van der Waals surface area contributed by atoms with Crippen LogP contribution < -0.4 is 9.04 Å². The van der Waals surface area contributed by atoms with Crippen LogP contribution in [0.25, 0.3) is 0 Å². The molecule has 0 aliphatic carbocycles. The monoisotopic (exact) mass is 447 g/mol. The molecular formula is C23H29NO6S. The molecule has 0 aliphatic rings. The van der Waals surface area contributed by atoms with Crippen molar-refractivity contribution in [3.05, 3.63) is 54.1 Å². The summed E-state index contributed by atoms with van der Waals surface area (Å²) in [7, 11) is -4.24. The Kier molecular flexibility index (Phi) is 8.62. The molecule has 0 heterocycles. The highest BCUT2D eigenvalue weighted by molar-refractivity contribution is 7.93. The van der Waals surface area contributed by atoms with Gasteiger partial charge in [0.2, 0.25) is 5.91 Å². The second-order valence-electron chi connectivity index (χ2n) is 7.48. The zero-order valence-electron chi connectivity index (χ0n) is 18.1. The van der Waals surface area contributed by atoms with Crippen molar-refractivity contribution in [2.45, 2.75) is 57.3 Å². The van der Waals surface area contributed by atoms with Crippen molar-refractivity contribution in [1.29, 1.82) is 0 Å². The minimum Gasteiger partial charge on any atom is -0.494 e. The second kappa shape index (κ2) is 10.9. The Morgan fingerprint density at radius 2 is 1.74 bits per heavy atom. The Hall–Kier alpha value is -2.87. The molecule has 0 unspecified atom stereocenters. The summed E-state index contributed by atoms with van der Waals surface area (Å²) < 4.78 is 33.1. The van der Waals surface area contributed by atoms with Crippen LogP contribution in [0.3, 0.4) is 0 Å². The molecule has 0 atom stereocenters. The van der Waals surface area contributed by atoms with E-state index in [1.165, 1.54) is 18.2 Å². The molecular weight excluding hydrogens is 418 g/mol. The quantitative estimate of drug-likeness (QED) is 0.506. The lowest BCUT2D eigenvalue weighted by atomic mass is 10.0. The van der Waals surface area contributed by atoms with Crippen LogP contribution in [-0.2, 0) is 19.6 Å². The van der Waals surface area contributed by atoms with E-state index in [1.807, 2.05) is 26.8 Å². The summed E-state index contributed by atoms with van der Waals surface area (Å²) in [6, 6.07) is 12.6. The fourth-order valence-electron chi connectivity index (χ4n) is 2.88. The molecule has 0 fully saturated rings. The number of nitrogens with zero attached hydrogens (tertiary/aromatic N) is 1. The number of hydrogen-bond acceptors (Lipinski definition) is 5. The molecule has 8 heteroatoms. The Balaban J connectivity index is 2.44. The second-order valence-corrected chi connectivity index (χ2v) is 9.27. The summed E-state index contributed by atoms with van der Waals surface area (Å²) >= 11 is 0. The standard InChI is InChI=1S/C23H29NO6S/c1-4-5-15-30-20-11-9-19(10-12-20)24(22(25)13-14-23(26)27)31(28,29)21-8-6-7-18(16-21)17(2)3/h6-12,16-17H,4-5,13-15H2,1-3H3,(H,26,27). The Morgan fingerprint density at radius 1 is 1.06 bits per heavy atom. The number of benzene rings is 2. The molecule has 2 aromatic carbocycles. The molecule has 7 nitrogen and oxygen atoms in total. The number of hydrogen-bond donors (Lipinski definition) is 1. The van der Waals surface area contributed by atoms with Crippen molar-refractivity contribution in [2.75, 3.05) is 10.9 Å². The summed E-state index contributed by atoms with van der Waals surface area (Å²) in [5.74, 6) is -1.32. The molecule has 0 saturated heterocycles. The van der Waals surface area contributed by atoms with Crippen LogP contribution >= 0.6 is 0 Å². The number of anilines is 1. The molecule has 1 N–H and O–H groups in total. The molecule has 1 amide bonds. The summed E-state index contributed by atoms with van der Waals surface area (Å²) in [6.45, 7) is 6.47. The van der Waals surface area contributed by atoms with Gasteiger partial charge in [0.05, 0.1) is 23.6 Å². The SMILES string of the molecule is CCCCOc1ccc(N(C(=O)CCC(=O)O)S(=O)(=O)c2cccc(C(C)C)c2)cc1. The maximum absolute atomic E-state index is 13.4. The predicted molar refractivity (Wildman–Crippen MR) is 119 cm³/mol. The lowest BCUT2D eigenvalue weighted by Crippen LogP contribution is -2.37. The zero-order valence-corrected chi connectivity index (χ0v) is 18.9. The normalized spacial score (nSPS) is 11.4. The van der Waals surface area contributed by atoms with E-state index in [1.54, 1.807) is 24.3 Å². The topological polar surface area (TPSA) is 101 Å². The maximum Gasteiger partial charge on any atom is 0.303 e. The summed E-state index contributed by atoms with van der Waals surface area (Å²) in [6.07, 6.45) is 0.974. The van der Waals surface area contributed by atoms with Crippen LogP contribution in [0.15, 0.2) is 53.4 Å². The van der Waals surface area contributed by atoms with Crippen LogP contribution in [0.2, 0.25) is 0 Å². The van der Waals surface area contributed by atoms with Gasteiger partial charge in [-0.1, -0.05) is 39.3 Å². The zero-order chi connectivity index (χ0) is 23.0. The number of ether oxygens (including phenoxy) is 1. The van der Waals surface area contributed by atoms with Gasteiger partial charge in [-0.3, -0.25) is 9.59 Å². The number of aliphatic carboxylic acids is 1. The van der Waals surface area contributed by atoms with E-state index >= 15 is 0 Å². The van der Waals surface area contributed by atoms with Crippen LogP contribution in [0.1, 0.15) is 57.9 Å². The van der Waals surface area contributed by atoms with E-state index in [4.69, 9.17) is 9.84 Å². The van der Waals surface area contributed by atoms with Gasteiger partial charge in [-0.15, -0.1) is 0 Å². The number of sulfonamides is 1. The average molecular weight is 448 g/mol. The van der Waals surface area contributed by atoms with Gasteiger partial charge in [0, 0.05) is 6.42 Å². The molecule has 31 heavy (non-hydrogen) atoms. The van der Waals surface area contributed by atoms with E-state index in [9.17, 15) is 18.0 Å². The minimum atomic E-state index is -4.24. The number of carbonyl (C=O) groups excluding carboxylic acids is 1. The number of carboxylic acid groups (broad SMARTS) is 1. The van der Waals surface area contributed by atoms with Gasteiger partial charge in [-0.2, -0.15) is 0 Å². The van der Waals surface area contributed by atoms with Crippen LogP contribution in [0.4, 0.5) is 5.69 Å². The van der Waals surface area contributed by atoms with E-state index in [0.29, 0.717) is 16.7 Å². The predicted octanol–water partition coefficient (Wildman–Crippen LogP) is 4.58. The largest absolute Gasteiger partial charge is 0.494 e. The van der Waals surface area contributed by atoms with Crippen LogP contribution in [-0.4, -0.2) is 32.0 Å². The van der Waals surface area contributed by atoms with Crippen molar-refractivity contribution in [3.8, 4) is 5.75 Å². The first kappa shape index (κ1) is 24.4. The van der Waals surface area contributed by atoms with E-state index < -0.39 is 34.7 Å². The molecule has 2 aromatic rings. The van der Waals surface area contributed by atoms with Gasteiger partial charge in [0.1, 0.15) is 5.75 Å². The van der Waals surface area contributed by atoms with Gasteiger partial charge < -0.3 is 9.84 Å². The van der Waals surface area contributed by atoms with Crippen molar-refractivity contribution >= 4 is 27.6 Å². The third-order valence-electron chi connectivity index (χ3n) is 4.68. The van der Waals surface area contributed by atoms with Crippen LogP contribution in [0, 0.1) is 0 Å². The summed E-state index contributed by atoms with van der Waals surface area (Å²) in [5, 5.41) is 8.93. The molecule has 0 bridgehead atoms. The third-order valence-corrected chi connectivity index (χ3v) is 6.42. The molecule has 0 aliphatic heterocycles. The highest BCUT2D eigenvalue weighted by Gasteiger charge is 2.31. The van der Waals surface area contributed by atoms with Gasteiger partial charge in [-0.25, -0.2) is 12.7 Å². The van der Waals surface area contributed by atoms with E-state index in [-0.39, 0.29) is 16.5 Å². The van der Waals surface area contributed by atoms with Crippen molar-refractivity contribution < 1.29 is 27.9 Å². The van der Waals surface area contributed by atoms with Gasteiger partial charge >= 0.3 is 5.97 Å². The molecule has 0 radical (unpaired) electrons. The third kappa shape index (κ3) is 6.55. The number of carboxylic acids is 1. The van der Waals surface area contributed by atoms with Gasteiger partial charge in [0.15, 0.2) is 0 Å². The van der Waals surface area contributed by atoms with E-state index in [2.05, 4.69) is 0 Å². The Labute approximate surface area is 183 Å². The number of rotatable bonds is 11. The van der Waals surface area contributed by atoms with Crippen molar-refractivity contribution in [1.82, 2.24) is 0 Å². The van der Waals surface area contributed by atoms with Crippen molar-refractivity contribution in [2.24, 2.45) is 0 Å². The number of unbranched alkanes of at least 4 members (excludes halogenated alkanes) is 1. The summed E-state index contributed by atoms with van der Waals surface area (Å²) in [4.78, 5) is 23.7. The fraction of sp³-hybridized carbons (Fsp3) is 0.391. The lowest BCUT2D eigenvalue weighted by Gasteiger charge is -2.23. The van der Waals surface area contributed by atoms with Gasteiger partial charge in [-0.05, 0) is 54.3 Å². The number of carbonyl (C=O) groups is 2. The maximum atomic E-state index is 13.4. The van der Waals surface area contributed by atoms with Gasteiger partial charge in [0.25, 0.3) is 10.0 Å². The fourth-order valence-corrected chi connectivity index (χ4v) is 4.39. The lowest BCUT2D eigenvalue weighted by molar-refractivity contribution is -0.138. The smallest absolute Gasteiger partial charge is 0.303 e.